The molecule has 3 aromatic rings. The van der Waals surface area contributed by atoms with Crippen molar-refractivity contribution in [2.24, 2.45) is 0 Å². The van der Waals surface area contributed by atoms with Gasteiger partial charge in [0.05, 0.1) is 12.6 Å². The molecule has 1 saturated carbocycles. The summed E-state index contributed by atoms with van der Waals surface area (Å²) in [5.74, 6) is 0. The van der Waals surface area contributed by atoms with Crippen molar-refractivity contribution < 1.29 is 5.11 Å². The topological polar surface area (TPSA) is 37.2 Å². The van der Waals surface area contributed by atoms with Gasteiger partial charge in [0.1, 0.15) is 7.85 Å². The van der Waals surface area contributed by atoms with Crippen molar-refractivity contribution in [2.75, 3.05) is 6.54 Å². The number of aliphatic hydroxyl groups excluding tert-OH is 1. The number of aromatic nitrogens is 1. The average Bonchev–Trinajstić information content (AvgIpc) is 2.93. The van der Waals surface area contributed by atoms with Gasteiger partial charge in [-0.2, -0.15) is 0 Å². The molecule has 1 fully saturated rings. The van der Waals surface area contributed by atoms with Crippen LogP contribution in [0.25, 0.3) is 21.8 Å². The van der Waals surface area contributed by atoms with Crippen LogP contribution in [0, 0.1) is 0 Å². The van der Waals surface area contributed by atoms with Gasteiger partial charge >= 0.3 is 0 Å². The Bertz CT molecular complexity index is 858. The summed E-state index contributed by atoms with van der Waals surface area (Å²) in [6.45, 7) is 1.21. The van der Waals surface area contributed by atoms with Gasteiger partial charge in [-0.3, -0.25) is 0 Å². The SMILES string of the molecule is [B]c1ccc2c(c1)c1cc(Br)ccc1n2CC(O)CNC1CCCCC1. The van der Waals surface area contributed by atoms with Crippen molar-refractivity contribution in [3.63, 3.8) is 0 Å². The van der Waals surface area contributed by atoms with Crippen LogP contribution in [0.5, 0.6) is 0 Å². The molecule has 4 rings (SSSR count). The van der Waals surface area contributed by atoms with Gasteiger partial charge in [0.25, 0.3) is 0 Å². The fourth-order valence-corrected chi connectivity index (χ4v) is 4.54. The van der Waals surface area contributed by atoms with Crippen molar-refractivity contribution in [3.8, 4) is 0 Å². The highest BCUT2D eigenvalue weighted by atomic mass is 79.9. The summed E-state index contributed by atoms with van der Waals surface area (Å²) in [6, 6.07) is 12.9. The lowest BCUT2D eigenvalue weighted by Gasteiger charge is -2.24. The smallest absolute Gasteiger partial charge is 0.113 e. The minimum Gasteiger partial charge on any atom is -0.390 e. The quantitative estimate of drug-likeness (QED) is 0.630. The molecule has 0 amide bonds. The third-order valence-electron chi connectivity index (χ3n) is 5.49. The Balaban J connectivity index is 1.60. The van der Waals surface area contributed by atoms with Crippen molar-refractivity contribution >= 4 is 51.0 Å². The van der Waals surface area contributed by atoms with Crippen LogP contribution in [0.15, 0.2) is 40.9 Å². The Morgan fingerprint density at radius 1 is 1.08 bits per heavy atom. The largest absolute Gasteiger partial charge is 0.390 e. The molecule has 0 saturated heterocycles. The first kappa shape index (κ1) is 18.1. The van der Waals surface area contributed by atoms with Crippen LogP contribution in [0.4, 0.5) is 0 Å². The molecule has 1 aliphatic rings. The molecule has 26 heavy (non-hydrogen) atoms. The molecular weight excluding hydrogens is 387 g/mol. The molecule has 5 heteroatoms. The number of benzene rings is 2. The molecule has 2 radical (unpaired) electrons. The summed E-state index contributed by atoms with van der Waals surface area (Å²) < 4.78 is 3.26. The number of hydrogen-bond donors (Lipinski definition) is 2. The normalized spacial score (nSPS) is 17.2. The summed E-state index contributed by atoms with van der Waals surface area (Å²) in [5, 5.41) is 16.5. The zero-order chi connectivity index (χ0) is 18.1. The zero-order valence-corrected chi connectivity index (χ0v) is 16.5. The van der Waals surface area contributed by atoms with E-state index in [9.17, 15) is 5.11 Å². The van der Waals surface area contributed by atoms with Gasteiger partial charge in [-0.15, -0.1) is 0 Å². The predicted octanol–water partition coefficient (Wildman–Crippen LogP) is 3.63. The summed E-state index contributed by atoms with van der Waals surface area (Å²) >= 11 is 3.57. The number of rotatable bonds is 5. The Morgan fingerprint density at radius 2 is 1.77 bits per heavy atom. The molecule has 1 heterocycles. The first-order chi connectivity index (χ1) is 12.6. The first-order valence-electron chi connectivity index (χ1n) is 9.50. The summed E-state index contributed by atoms with van der Waals surface area (Å²) in [5.41, 5.74) is 3.01. The third kappa shape index (κ3) is 3.71. The second kappa shape index (κ2) is 7.75. The molecule has 0 bridgehead atoms. The van der Waals surface area contributed by atoms with Crippen LogP contribution in [0.3, 0.4) is 0 Å². The maximum absolute atomic E-state index is 10.7. The number of hydrogen-bond acceptors (Lipinski definition) is 2. The molecule has 134 valence electrons. The maximum Gasteiger partial charge on any atom is 0.113 e. The summed E-state index contributed by atoms with van der Waals surface area (Å²) in [4.78, 5) is 0. The third-order valence-corrected chi connectivity index (χ3v) is 5.98. The number of nitrogens with one attached hydrogen (secondary N) is 1. The molecular formula is C21H24BBrN2O. The minimum absolute atomic E-state index is 0.420. The van der Waals surface area contributed by atoms with E-state index in [0.29, 0.717) is 19.1 Å². The van der Waals surface area contributed by atoms with E-state index >= 15 is 0 Å². The van der Waals surface area contributed by atoms with E-state index in [1.54, 1.807) is 0 Å². The lowest BCUT2D eigenvalue weighted by atomic mass is 9.94. The molecule has 0 aliphatic heterocycles. The van der Waals surface area contributed by atoms with Crippen LogP contribution in [0.1, 0.15) is 32.1 Å². The van der Waals surface area contributed by atoms with E-state index in [4.69, 9.17) is 7.85 Å². The maximum atomic E-state index is 10.7. The Morgan fingerprint density at radius 3 is 2.54 bits per heavy atom. The molecule has 1 unspecified atom stereocenters. The lowest BCUT2D eigenvalue weighted by molar-refractivity contribution is 0.147. The van der Waals surface area contributed by atoms with Gasteiger partial charge in [0.2, 0.25) is 0 Å². The highest BCUT2D eigenvalue weighted by Gasteiger charge is 2.17. The average molecular weight is 411 g/mol. The fraction of sp³-hybridized carbons (Fsp3) is 0.429. The molecule has 1 aromatic heterocycles. The number of aliphatic hydroxyl groups is 1. The monoisotopic (exact) mass is 410 g/mol. The lowest BCUT2D eigenvalue weighted by Crippen LogP contribution is -2.38. The Hall–Kier alpha value is -1.30. The van der Waals surface area contributed by atoms with Gasteiger partial charge in [-0.05, 0) is 37.1 Å². The van der Waals surface area contributed by atoms with Gasteiger partial charge in [-0.25, -0.2) is 0 Å². The van der Waals surface area contributed by atoms with Crippen LogP contribution >= 0.6 is 15.9 Å². The predicted molar refractivity (Wildman–Crippen MR) is 113 cm³/mol. The van der Waals surface area contributed by atoms with Crippen molar-refractivity contribution in [1.29, 1.82) is 0 Å². The number of fused-ring (bicyclic) bond motifs is 3. The van der Waals surface area contributed by atoms with Crippen molar-refractivity contribution in [1.82, 2.24) is 9.88 Å². The molecule has 0 spiro atoms. The standard InChI is InChI=1S/C21H24BBrN2O/c22-14-6-8-20-18(10-14)19-11-15(23)7-9-21(19)25(20)13-17(26)12-24-16-4-2-1-3-5-16/h6-11,16-17,24,26H,1-5,12-13H2. The summed E-state index contributed by atoms with van der Waals surface area (Å²) in [6.07, 6.45) is 6.00. The zero-order valence-electron chi connectivity index (χ0n) is 14.9. The van der Waals surface area contributed by atoms with Crippen LogP contribution in [0.2, 0.25) is 0 Å². The first-order valence-corrected chi connectivity index (χ1v) is 10.3. The molecule has 2 aromatic carbocycles. The van der Waals surface area contributed by atoms with Gasteiger partial charge in [-0.1, -0.05) is 52.8 Å². The van der Waals surface area contributed by atoms with Crippen molar-refractivity contribution in [3.05, 3.63) is 40.9 Å². The van der Waals surface area contributed by atoms with E-state index in [2.05, 4.69) is 44.0 Å². The minimum atomic E-state index is -0.420. The second-order valence-electron chi connectivity index (χ2n) is 7.45. The highest BCUT2D eigenvalue weighted by Crippen LogP contribution is 2.31. The highest BCUT2D eigenvalue weighted by molar-refractivity contribution is 9.10. The molecule has 1 atom stereocenters. The van der Waals surface area contributed by atoms with Gasteiger partial charge < -0.3 is 15.0 Å². The van der Waals surface area contributed by atoms with E-state index in [1.807, 2.05) is 18.2 Å². The van der Waals surface area contributed by atoms with E-state index in [1.165, 1.54) is 32.1 Å². The van der Waals surface area contributed by atoms with Crippen molar-refractivity contribution in [2.45, 2.75) is 50.8 Å². The Kier molecular flexibility index (Phi) is 5.39. The number of halogens is 1. The van der Waals surface area contributed by atoms with Crippen LogP contribution in [-0.4, -0.2) is 36.2 Å². The van der Waals surface area contributed by atoms with E-state index in [0.717, 1.165) is 31.7 Å². The molecule has 1 aliphatic carbocycles. The van der Waals surface area contributed by atoms with Gasteiger partial charge in [0.15, 0.2) is 0 Å². The van der Waals surface area contributed by atoms with Crippen LogP contribution < -0.4 is 10.8 Å². The van der Waals surface area contributed by atoms with E-state index < -0.39 is 6.10 Å². The number of nitrogens with zero attached hydrogens (tertiary/aromatic N) is 1. The summed E-state index contributed by atoms with van der Waals surface area (Å²) in [7, 11) is 6.01. The fourth-order valence-electron chi connectivity index (χ4n) is 4.18. The van der Waals surface area contributed by atoms with E-state index in [-0.39, 0.29) is 0 Å². The molecule has 3 nitrogen and oxygen atoms in total. The van der Waals surface area contributed by atoms with Gasteiger partial charge in [0, 0.05) is 38.9 Å². The Labute approximate surface area is 164 Å². The second-order valence-corrected chi connectivity index (χ2v) is 8.36. The molecule has 2 N–H and O–H groups in total. The van der Waals surface area contributed by atoms with Crippen LogP contribution in [-0.2, 0) is 6.54 Å².